The van der Waals surface area contributed by atoms with E-state index in [1.165, 1.54) is 23.9 Å². The van der Waals surface area contributed by atoms with Gasteiger partial charge in [0.2, 0.25) is 0 Å². The molecule has 0 aliphatic rings. The van der Waals surface area contributed by atoms with Crippen molar-refractivity contribution < 1.29 is 14.3 Å². The van der Waals surface area contributed by atoms with Crippen molar-refractivity contribution in [2.75, 3.05) is 6.26 Å². The lowest BCUT2D eigenvalue weighted by molar-refractivity contribution is -0.116. The number of allylic oxidation sites excluding steroid dienone is 1. The lowest BCUT2D eigenvalue weighted by atomic mass is 10.0. The number of carbonyl (C=O) groups is 1. The number of rotatable bonds is 8. The molecule has 0 radical (unpaired) electrons. The molecule has 0 saturated carbocycles. The van der Waals surface area contributed by atoms with Crippen molar-refractivity contribution in [1.82, 2.24) is 15.1 Å². The number of hydrogen-bond acceptors (Lipinski definition) is 4. The molecule has 1 heterocycles. The lowest BCUT2D eigenvalue weighted by Gasteiger charge is -2.19. The van der Waals surface area contributed by atoms with Gasteiger partial charge in [0, 0.05) is 16.0 Å². The highest BCUT2D eigenvalue weighted by Gasteiger charge is 2.22. The van der Waals surface area contributed by atoms with Crippen LogP contribution in [0.3, 0.4) is 0 Å². The van der Waals surface area contributed by atoms with E-state index in [1.807, 2.05) is 25.3 Å². The minimum Gasteiger partial charge on any atom is -0.507 e. The zero-order valence-electron chi connectivity index (χ0n) is 18.3. The predicted octanol–water partition coefficient (Wildman–Crippen LogP) is 5.75. The van der Waals surface area contributed by atoms with Gasteiger partial charge in [-0.1, -0.05) is 25.6 Å². The van der Waals surface area contributed by atoms with Crippen molar-refractivity contribution in [1.29, 1.82) is 0 Å². The molecule has 5 nitrogen and oxygen atoms in total. The molecule has 3 aromatic rings. The van der Waals surface area contributed by atoms with Gasteiger partial charge in [-0.05, 0) is 67.6 Å². The van der Waals surface area contributed by atoms with Gasteiger partial charge < -0.3 is 10.4 Å². The highest BCUT2D eigenvalue weighted by atomic mass is 32.2. The maximum absolute atomic E-state index is 13.3. The van der Waals surface area contributed by atoms with Crippen molar-refractivity contribution in [2.24, 2.45) is 0 Å². The van der Waals surface area contributed by atoms with Gasteiger partial charge in [-0.3, -0.25) is 4.79 Å². The topological polar surface area (TPSA) is 67.2 Å². The van der Waals surface area contributed by atoms with Crippen molar-refractivity contribution >= 4 is 29.3 Å². The Hall–Kier alpha value is -3.32. The number of carbonyl (C=O) groups excluding carboxylic acids is 1. The number of phenolic OH excluding ortho intramolecular Hbond substituents is 1. The predicted molar refractivity (Wildman–Crippen MR) is 128 cm³/mol. The van der Waals surface area contributed by atoms with Gasteiger partial charge in [-0.2, -0.15) is 5.10 Å². The number of amides is 1. The number of benzene rings is 2. The molecule has 0 fully saturated rings. The molecule has 1 atom stereocenters. The summed E-state index contributed by atoms with van der Waals surface area (Å²) in [5.74, 6) is -0.348. The fraction of sp³-hybridized carbons (Fsp3) is 0.200. The molecule has 2 N–H and O–H groups in total. The number of aromatic nitrogens is 2. The summed E-state index contributed by atoms with van der Waals surface area (Å²) in [5.41, 5.74) is 3.33. The van der Waals surface area contributed by atoms with E-state index in [0.29, 0.717) is 28.9 Å². The first-order valence-electron chi connectivity index (χ1n) is 10.2. The van der Waals surface area contributed by atoms with E-state index in [1.54, 1.807) is 48.2 Å². The summed E-state index contributed by atoms with van der Waals surface area (Å²) >= 11 is 1.45. The quantitative estimate of drug-likeness (QED) is 0.338. The number of nitrogens with zero attached hydrogens (tertiary/aromatic N) is 2. The van der Waals surface area contributed by atoms with Crippen LogP contribution in [0.5, 0.6) is 5.75 Å². The summed E-state index contributed by atoms with van der Waals surface area (Å²) in [6, 6.07) is 11.1. The molecule has 2 aromatic carbocycles. The smallest absolute Gasteiger partial charge is 0.252 e. The van der Waals surface area contributed by atoms with Crippen LogP contribution in [0.25, 0.3) is 17.3 Å². The van der Waals surface area contributed by atoms with Crippen LogP contribution in [0.4, 0.5) is 4.39 Å². The second kappa shape index (κ2) is 10.3. The average molecular weight is 452 g/mol. The average Bonchev–Trinajstić information content (AvgIpc) is 3.22. The molecule has 166 valence electrons. The number of aromatic hydroxyl groups is 1. The summed E-state index contributed by atoms with van der Waals surface area (Å²) in [5, 5.41) is 17.5. The molecule has 1 aromatic heterocycles. The van der Waals surface area contributed by atoms with Crippen LogP contribution in [-0.4, -0.2) is 27.0 Å². The van der Waals surface area contributed by atoms with E-state index in [9.17, 15) is 14.3 Å². The van der Waals surface area contributed by atoms with E-state index in [0.717, 1.165) is 10.5 Å². The van der Waals surface area contributed by atoms with Gasteiger partial charge >= 0.3 is 0 Å². The molecule has 1 amide bonds. The Morgan fingerprint density at radius 1 is 1.31 bits per heavy atom. The van der Waals surface area contributed by atoms with Gasteiger partial charge in [-0.15, -0.1) is 11.8 Å². The van der Waals surface area contributed by atoms with E-state index in [4.69, 9.17) is 0 Å². The Morgan fingerprint density at radius 3 is 2.62 bits per heavy atom. The largest absolute Gasteiger partial charge is 0.507 e. The number of nitrogens with one attached hydrogen (secondary N) is 1. The summed E-state index contributed by atoms with van der Waals surface area (Å²) in [7, 11) is 0. The van der Waals surface area contributed by atoms with Gasteiger partial charge in [0.1, 0.15) is 11.6 Å². The zero-order chi connectivity index (χ0) is 23.3. The fourth-order valence-electron chi connectivity index (χ4n) is 3.53. The normalized spacial score (nSPS) is 12.4. The van der Waals surface area contributed by atoms with Crippen molar-refractivity contribution in [2.45, 2.75) is 31.2 Å². The van der Waals surface area contributed by atoms with Gasteiger partial charge in [0.25, 0.3) is 5.91 Å². The molecule has 0 aliphatic carbocycles. The molecular formula is C25H26FN3O2S. The first-order valence-corrected chi connectivity index (χ1v) is 11.5. The minimum absolute atomic E-state index is 0.219. The van der Waals surface area contributed by atoms with Crippen LogP contribution in [0, 0.1) is 5.82 Å². The molecular weight excluding hydrogens is 425 g/mol. The van der Waals surface area contributed by atoms with E-state index in [-0.39, 0.29) is 23.5 Å². The van der Waals surface area contributed by atoms with Gasteiger partial charge in [-0.25, -0.2) is 9.07 Å². The third-order valence-corrected chi connectivity index (χ3v) is 5.98. The number of thioether (sulfide) groups is 1. The Kier molecular flexibility index (Phi) is 7.53. The molecule has 32 heavy (non-hydrogen) atoms. The van der Waals surface area contributed by atoms with Crippen molar-refractivity contribution in [3.05, 3.63) is 84.0 Å². The maximum Gasteiger partial charge on any atom is 0.252 e. The monoisotopic (exact) mass is 451 g/mol. The Bertz CT molecular complexity index is 1150. The highest BCUT2D eigenvalue weighted by Crippen LogP contribution is 2.31. The second-order valence-electron chi connectivity index (χ2n) is 7.10. The van der Waals surface area contributed by atoms with Crippen LogP contribution < -0.4 is 5.32 Å². The summed E-state index contributed by atoms with van der Waals surface area (Å²) in [6.07, 6.45) is 7.56. The molecule has 7 heteroatoms. The lowest BCUT2D eigenvalue weighted by Crippen LogP contribution is -2.29. The summed E-state index contributed by atoms with van der Waals surface area (Å²) in [6.45, 7) is 7.67. The van der Waals surface area contributed by atoms with Crippen molar-refractivity contribution in [3.8, 4) is 11.4 Å². The first kappa shape index (κ1) is 23.3. The SMILES string of the molecule is C=Cc1c(/C(=C\C)C(=O)NC(CC)c2ccc(O)c(SC)c2)cnn1-c1ccc(F)cc1. The molecule has 0 aliphatic heterocycles. The number of phenols is 1. The summed E-state index contributed by atoms with van der Waals surface area (Å²) < 4.78 is 14.9. The third kappa shape index (κ3) is 4.78. The van der Waals surface area contributed by atoms with Crippen LogP contribution in [0.15, 0.2) is 66.2 Å². The standard InChI is InChI=1S/C25H26FN3O2S/c1-5-19(20-15-27-29(22(20)7-3)18-11-9-17(26)10-12-18)25(31)28-21(6-2)16-8-13-23(30)24(14-16)32-4/h5,7-15,21,30H,3,6H2,1-2,4H3,(H,28,31)/b19-5+. The molecule has 0 bridgehead atoms. The third-order valence-electron chi connectivity index (χ3n) is 5.21. The molecule has 1 unspecified atom stereocenters. The van der Waals surface area contributed by atoms with E-state index < -0.39 is 0 Å². The summed E-state index contributed by atoms with van der Waals surface area (Å²) in [4.78, 5) is 14.0. The van der Waals surface area contributed by atoms with E-state index in [2.05, 4.69) is 17.0 Å². The fourth-order valence-corrected chi connectivity index (χ4v) is 4.06. The van der Waals surface area contributed by atoms with E-state index >= 15 is 0 Å². The Morgan fingerprint density at radius 2 is 2.03 bits per heavy atom. The Labute approximate surface area is 191 Å². The number of hydrogen-bond donors (Lipinski definition) is 2. The Balaban J connectivity index is 1.90. The number of halogens is 1. The van der Waals surface area contributed by atoms with Gasteiger partial charge in [0.05, 0.1) is 23.6 Å². The highest BCUT2D eigenvalue weighted by molar-refractivity contribution is 7.98. The molecule has 3 rings (SSSR count). The van der Waals surface area contributed by atoms with Crippen molar-refractivity contribution in [3.63, 3.8) is 0 Å². The van der Waals surface area contributed by atoms with Crippen LogP contribution in [0.1, 0.15) is 43.1 Å². The van der Waals surface area contributed by atoms with Crippen LogP contribution >= 0.6 is 11.8 Å². The van der Waals surface area contributed by atoms with Crippen LogP contribution in [-0.2, 0) is 4.79 Å². The molecule has 0 spiro atoms. The minimum atomic E-state index is -0.334. The molecule has 0 saturated heterocycles. The first-order chi connectivity index (χ1) is 15.4. The van der Waals surface area contributed by atoms with Crippen LogP contribution in [0.2, 0.25) is 0 Å². The van der Waals surface area contributed by atoms with Gasteiger partial charge in [0.15, 0.2) is 0 Å². The zero-order valence-corrected chi connectivity index (χ0v) is 19.1. The maximum atomic E-state index is 13.3. The second-order valence-corrected chi connectivity index (χ2v) is 7.95.